The second-order valence-corrected chi connectivity index (χ2v) is 3.21. The van der Waals surface area contributed by atoms with Gasteiger partial charge in [0.05, 0.1) is 10.6 Å². The molecular weight excluding hydrogens is 223 g/mol. The van der Waals surface area contributed by atoms with Gasteiger partial charge in [-0.05, 0) is 12.1 Å². The van der Waals surface area contributed by atoms with E-state index >= 15 is 0 Å². The number of nitrogen functional groups attached to an aromatic ring is 1. The second kappa shape index (κ2) is 3.31. The Balaban J connectivity index is 3.43. The molecule has 2 N–H and O–H groups in total. The number of hydrogen-bond donors (Lipinski definition) is 2. The molecule has 0 fully saturated rings. The van der Waals surface area contributed by atoms with Crippen LogP contribution in [0.1, 0.15) is 5.56 Å². The van der Waals surface area contributed by atoms with Crippen molar-refractivity contribution in [2.45, 2.75) is 11.1 Å². The first-order chi connectivity index (χ1) is 5.84. The van der Waals surface area contributed by atoms with Crippen LogP contribution in [0.15, 0.2) is 17.0 Å². The van der Waals surface area contributed by atoms with Crippen LogP contribution in [-0.4, -0.2) is 0 Å². The normalized spacial score (nSPS) is 11.8. The Morgan fingerprint density at radius 2 is 1.85 bits per heavy atom. The van der Waals surface area contributed by atoms with E-state index in [1.54, 1.807) is 0 Å². The van der Waals surface area contributed by atoms with Crippen LogP contribution in [0.25, 0.3) is 0 Å². The first-order valence-corrected chi connectivity index (χ1v) is 4.00. The maximum atomic E-state index is 12.3. The van der Waals surface area contributed by atoms with Gasteiger partial charge in [0, 0.05) is 10.6 Å². The van der Waals surface area contributed by atoms with Gasteiger partial charge in [0.2, 0.25) is 0 Å². The summed E-state index contributed by atoms with van der Waals surface area (Å²) >= 11 is 9.01. The van der Waals surface area contributed by atoms with Crippen molar-refractivity contribution in [1.82, 2.24) is 0 Å². The minimum absolute atomic E-state index is 0.0416. The summed E-state index contributed by atoms with van der Waals surface area (Å²) in [6, 6.07) is 2.37. The third-order valence-electron chi connectivity index (χ3n) is 1.44. The monoisotopic (exact) mass is 227 g/mol. The van der Waals surface area contributed by atoms with E-state index in [9.17, 15) is 13.2 Å². The Morgan fingerprint density at radius 1 is 1.31 bits per heavy atom. The predicted octanol–water partition coefficient (Wildman–Crippen LogP) is 3.23. The van der Waals surface area contributed by atoms with Gasteiger partial charge in [0.25, 0.3) is 0 Å². The van der Waals surface area contributed by atoms with Gasteiger partial charge in [-0.25, -0.2) is 0 Å². The van der Waals surface area contributed by atoms with E-state index < -0.39 is 16.8 Å². The SMILES string of the molecule is Nc1ccc(Cl)c(C(F)(F)F)c1S. The van der Waals surface area contributed by atoms with Crippen LogP contribution in [-0.2, 0) is 6.18 Å². The van der Waals surface area contributed by atoms with Gasteiger partial charge in [-0.3, -0.25) is 0 Å². The highest BCUT2D eigenvalue weighted by molar-refractivity contribution is 7.80. The summed E-state index contributed by atoms with van der Waals surface area (Å²) in [4.78, 5) is -0.333. The Kier molecular flexibility index (Phi) is 2.68. The number of benzene rings is 1. The molecule has 0 heterocycles. The summed E-state index contributed by atoms with van der Waals surface area (Å²) in [5.41, 5.74) is 4.22. The second-order valence-electron chi connectivity index (χ2n) is 2.36. The lowest BCUT2D eigenvalue weighted by Gasteiger charge is -2.12. The van der Waals surface area contributed by atoms with Gasteiger partial charge in [-0.15, -0.1) is 12.6 Å². The van der Waals surface area contributed by atoms with Crippen molar-refractivity contribution >= 4 is 29.9 Å². The molecule has 1 aromatic rings. The minimum atomic E-state index is -4.52. The maximum absolute atomic E-state index is 12.3. The standard InChI is InChI=1S/C7H5ClF3NS/c8-3-1-2-4(12)6(13)5(3)7(9,10)11/h1-2,13H,12H2. The van der Waals surface area contributed by atoms with E-state index in [1.165, 1.54) is 6.07 Å². The highest BCUT2D eigenvalue weighted by atomic mass is 35.5. The van der Waals surface area contributed by atoms with Crippen molar-refractivity contribution in [1.29, 1.82) is 0 Å². The zero-order valence-electron chi connectivity index (χ0n) is 6.19. The van der Waals surface area contributed by atoms with Gasteiger partial charge < -0.3 is 5.73 Å². The van der Waals surface area contributed by atoms with Crippen LogP contribution in [0, 0.1) is 0 Å². The summed E-state index contributed by atoms with van der Waals surface area (Å²) in [7, 11) is 0. The summed E-state index contributed by atoms with van der Waals surface area (Å²) in [6.45, 7) is 0. The van der Waals surface area contributed by atoms with Gasteiger partial charge in [0.15, 0.2) is 0 Å². The molecule has 0 saturated carbocycles. The van der Waals surface area contributed by atoms with Crippen molar-refractivity contribution in [3.8, 4) is 0 Å². The van der Waals surface area contributed by atoms with Crippen LogP contribution in [0.2, 0.25) is 5.02 Å². The lowest BCUT2D eigenvalue weighted by Crippen LogP contribution is -2.08. The highest BCUT2D eigenvalue weighted by Gasteiger charge is 2.35. The smallest absolute Gasteiger partial charge is 0.398 e. The summed E-state index contributed by atoms with van der Waals surface area (Å²) in [5, 5.41) is -0.397. The van der Waals surface area contributed by atoms with Crippen molar-refractivity contribution in [2.75, 3.05) is 5.73 Å². The molecule has 0 bridgehead atoms. The molecule has 72 valence electrons. The van der Waals surface area contributed by atoms with E-state index in [4.69, 9.17) is 17.3 Å². The lowest BCUT2D eigenvalue weighted by molar-refractivity contribution is -0.139. The lowest BCUT2D eigenvalue weighted by atomic mass is 10.2. The first-order valence-electron chi connectivity index (χ1n) is 3.18. The van der Waals surface area contributed by atoms with Crippen LogP contribution >= 0.6 is 24.2 Å². The van der Waals surface area contributed by atoms with Crippen LogP contribution in [0.5, 0.6) is 0 Å². The van der Waals surface area contributed by atoms with E-state index in [2.05, 4.69) is 12.6 Å². The van der Waals surface area contributed by atoms with Gasteiger partial charge in [-0.1, -0.05) is 11.6 Å². The third kappa shape index (κ3) is 2.03. The molecule has 0 atom stereocenters. The third-order valence-corrected chi connectivity index (χ3v) is 2.24. The molecule has 0 aromatic heterocycles. The maximum Gasteiger partial charge on any atom is 0.418 e. The number of halogens is 4. The molecule has 0 aliphatic heterocycles. The van der Waals surface area contributed by atoms with E-state index in [0.717, 1.165) is 6.07 Å². The molecule has 13 heavy (non-hydrogen) atoms. The Morgan fingerprint density at radius 3 is 2.23 bits per heavy atom. The average molecular weight is 228 g/mol. The molecule has 0 amide bonds. The molecule has 0 radical (unpaired) electrons. The fourth-order valence-electron chi connectivity index (χ4n) is 0.852. The topological polar surface area (TPSA) is 26.0 Å². The fourth-order valence-corrected chi connectivity index (χ4v) is 1.50. The molecule has 1 rings (SSSR count). The van der Waals surface area contributed by atoms with Crippen molar-refractivity contribution in [2.24, 2.45) is 0 Å². The quantitative estimate of drug-likeness (QED) is 0.517. The molecule has 0 saturated heterocycles. The summed E-state index contributed by atoms with van der Waals surface area (Å²) < 4.78 is 36.9. The number of hydrogen-bond acceptors (Lipinski definition) is 2. The number of nitrogens with two attached hydrogens (primary N) is 1. The van der Waals surface area contributed by atoms with Gasteiger partial charge in [-0.2, -0.15) is 13.2 Å². The number of anilines is 1. The van der Waals surface area contributed by atoms with Crippen molar-refractivity contribution in [3.05, 3.63) is 22.7 Å². The average Bonchev–Trinajstić information content (AvgIpc) is 1.95. The Bertz CT molecular complexity index is 337. The fraction of sp³-hybridized carbons (Fsp3) is 0.143. The molecule has 0 aliphatic rings. The number of thiol groups is 1. The van der Waals surface area contributed by atoms with E-state index in [1.807, 2.05) is 0 Å². The molecule has 0 spiro atoms. The van der Waals surface area contributed by atoms with E-state index in [-0.39, 0.29) is 10.6 Å². The Hall–Kier alpha value is -0.550. The molecule has 1 nitrogen and oxygen atoms in total. The molecule has 0 aliphatic carbocycles. The largest absolute Gasteiger partial charge is 0.418 e. The zero-order chi connectivity index (χ0) is 10.2. The number of alkyl halides is 3. The highest BCUT2D eigenvalue weighted by Crippen LogP contribution is 2.40. The predicted molar refractivity (Wildman–Crippen MR) is 48.1 cm³/mol. The van der Waals surface area contributed by atoms with Crippen molar-refractivity contribution < 1.29 is 13.2 Å². The van der Waals surface area contributed by atoms with Crippen LogP contribution in [0.4, 0.5) is 18.9 Å². The zero-order valence-corrected chi connectivity index (χ0v) is 7.84. The minimum Gasteiger partial charge on any atom is -0.398 e. The van der Waals surface area contributed by atoms with Crippen LogP contribution in [0.3, 0.4) is 0 Å². The van der Waals surface area contributed by atoms with Crippen molar-refractivity contribution in [3.63, 3.8) is 0 Å². The molecular formula is C7H5ClF3NS. The summed E-state index contributed by atoms with van der Waals surface area (Å²) in [5.74, 6) is 0. The molecule has 1 aromatic carbocycles. The van der Waals surface area contributed by atoms with Crippen LogP contribution < -0.4 is 5.73 Å². The van der Waals surface area contributed by atoms with E-state index in [0.29, 0.717) is 0 Å². The van der Waals surface area contributed by atoms with Gasteiger partial charge in [0.1, 0.15) is 0 Å². The molecule has 6 heteroatoms. The summed E-state index contributed by atoms with van der Waals surface area (Å²) in [6.07, 6.45) is -4.52. The van der Waals surface area contributed by atoms with Gasteiger partial charge >= 0.3 is 6.18 Å². The Labute approximate surface area is 83.1 Å². The molecule has 0 unspecified atom stereocenters. The first kappa shape index (κ1) is 10.5. The number of rotatable bonds is 0.